The van der Waals surface area contributed by atoms with Gasteiger partial charge in [-0.3, -0.25) is 0 Å². The maximum absolute atomic E-state index is 8.73. The minimum Gasteiger partial charge on any atom is -0.396 e. The van der Waals surface area contributed by atoms with Crippen LogP contribution in [0.2, 0.25) is 0 Å². The Morgan fingerprint density at radius 1 is 1.23 bits per heavy atom. The lowest BCUT2D eigenvalue weighted by Gasteiger charge is -2.02. The third-order valence-electron chi connectivity index (χ3n) is 1.45. The Labute approximate surface area is 80.2 Å². The van der Waals surface area contributed by atoms with Gasteiger partial charge in [-0.15, -0.1) is 0 Å². The second-order valence-electron chi connectivity index (χ2n) is 2.99. The quantitative estimate of drug-likeness (QED) is 0.576. The number of hydrogen-bond acceptors (Lipinski definition) is 4. The van der Waals surface area contributed by atoms with Crippen molar-refractivity contribution in [1.82, 2.24) is 0 Å². The Hall–Kier alpha value is -0.160. The first-order chi connectivity index (χ1) is 6.12. The van der Waals surface area contributed by atoms with Gasteiger partial charge in [0, 0.05) is 26.2 Å². The lowest BCUT2D eigenvalue weighted by atomic mass is 10.2. The van der Waals surface area contributed by atoms with E-state index in [0.717, 1.165) is 6.42 Å². The fourth-order valence-corrected chi connectivity index (χ4v) is 0.368. The van der Waals surface area contributed by atoms with Gasteiger partial charge in [0.2, 0.25) is 0 Å². The normalized spacial score (nSPS) is 12.2. The van der Waals surface area contributed by atoms with Crippen LogP contribution in [0.4, 0.5) is 0 Å². The molecule has 82 valence electrons. The summed E-state index contributed by atoms with van der Waals surface area (Å²) in [6.45, 7) is 4.31. The molecule has 0 aliphatic carbocycles. The van der Waals surface area contributed by atoms with Gasteiger partial charge in [0.15, 0.2) is 0 Å². The summed E-state index contributed by atoms with van der Waals surface area (Å²) in [5, 5.41) is 25.1. The van der Waals surface area contributed by atoms with Crippen LogP contribution in [0.15, 0.2) is 0 Å². The van der Waals surface area contributed by atoms with Crippen molar-refractivity contribution in [1.29, 1.82) is 0 Å². The SMILES string of the molecule is CC(CO)CO.CCC(O)COC. The molecular weight excluding hydrogens is 172 g/mol. The first-order valence-electron chi connectivity index (χ1n) is 4.51. The molecule has 0 rings (SSSR count). The molecule has 0 aromatic heterocycles. The molecule has 0 saturated heterocycles. The summed E-state index contributed by atoms with van der Waals surface area (Å²) in [6, 6.07) is 0. The summed E-state index contributed by atoms with van der Waals surface area (Å²) >= 11 is 0. The van der Waals surface area contributed by atoms with E-state index in [2.05, 4.69) is 4.74 Å². The summed E-state index contributed by atoms with van der Waals surface area (Å²) in [4.78, 5) is 0. The summed E-state index contributed by atoms with van der Waals surface area (Å²) < 4.78 is 4.64. The zero-order chi connectivity index (χ0) is 10.7. The maximum Gasteiger partial charge on any atom is 0.0770 e. The molecule has 3 N–H and O–H groups in total. The van der Waals surface area contributed by atoms with E-state index < -0.39 is 0 Å². The van der Waals surface area contributed by atoms with Crippen LogP contribution in [-0.4, -0.2) is 48.4 Å². The maximum atomic E-state index is 8.73. The van der Waals surface area contributed by atoms with Gasteiger partial charge in [0.25, 0.3) is 0 Å². The Morgan fingerprint density at radius 3 is 1.77 bits per heavy atom. The van der Waals surface area contributed by atoms with Crippen molar-refractivity contribution in [2.75, 3.05) is 26.9 Å². The molecule has 0 aromatic carbocycles. The Kier molecular flexibility index (Phi) is 14.0. The van der Waals surface area contributed by atoms with E-state index in [1.165, 1.54) is 0 Å². The van der Waals surface area contributed by atoms with Crippen LogP contribution in [0, 0.1) is 5.92 Å². The number of aliphatic hydroxyl groups excluding tert-OH is 3. The smallest absolute Gasteiger partial charge is 0.0770 e. The molecule has 0 saturated carbocycles. The van der Waals surface area contributed by atoms with Crippen molar-refractivity contribution in [2.45, 2.75) is 26.4 Å². The van der Waals surface area contributed by atoms with Gasteiger partial charge in [-0.05, 0) is 6.42 Å². The van der Waals surface area contributed by atoms with Gasteiger partial charge in [-0.1, -0.05) is 13.8 Å². The van der Waals surface area contributed by atoms with E-state index in [1.54, 1.807) is 14.0 Å². The van der Waals surface area contributed by atoms with Crippen LogP contribution < -0.4 is 0 Å². The van der Waals surface area contributed by atoms with Gasteiger partial charge in [0.1, 0.15) is 0 Å². The molecule has 0 bridgehead atoms. The lowest BCUT2D eigenvalue weighted by molar-refractivity contribution is 0.0625. The van der Waals surface area contributed by atoms with Crippen LogP contribution in [-0.2, 0) is 4.74 Å². The highest BCUT2D eigenvalue weighted by molar-refractivity contribution is 4.45. The number of methoxy groups -OCH3 is 1. The van der Waals surface area contributed by atoms with Gasteiger partial charge in [-0.25, -0.2) is 0 Å². The highest BCUT2D eigenvalue weighted by Gasteiger charge is 1.95. The molecule has 4 nitrogen and oxygen atoms in total. The van der Waals surface area contributed by atoms with Crippen molar-refractivity contribution in [3.05, 3.63) is 0 Å². The molecule has 13 heavy (non-hydrogen) atoms. The number of hydrogen-bond donors (Lipinski definition) is 3. The number of ether oxygens (including phenoxy) is 1. The van der Waals surface area contributed by atoms with Crippen molar-refractivity contribution in [3.8, 4) is 0 Å². The average molecular weight is 194 g/mol. The minimum absolute atomic E-state index is 0.0463. The molecule has 0 spiro atoms. The van der Waals surface area contributed by atoms with Crippen LogP contribution in [0.25, 0.3) is 0 Å². The molecule has 0 aliphatic heterocycles. The number of aliphatic hydroxyl groups is 3. The summed E-state index contributed by atoms with van der Waals surface area (Å²) in [5.41, 5.74) is 0. The zero-order valence-corrected chi connectivity index (χ0v) is 8.73. The Bertz CT molecular complexity index is 83.7. The molecular formula is C9H22O4. The largest absolute Gasteiger partial charge is 0.396 e. The van der Waals surface area contributed by atoms with Gasteiger partial charge < -0.3 is 20.1 Å². The molecule has 0 amide bonds. The highest BCUT2D eigenvalue weighted by atomic mass is 16.5. The van der Waals surface area contributed by atoms with E-state index in [-0.39, 0.29) is 25.2 Å². The van der Waals surface area contributed by atoms with E-state index >= 15 is 0 Å². The molecule has 1 atom stereocenters. The van der Waals surface area contributed by atoms with Crippen LogP contribution in [0.3, 0.4) is 0 Å². The summed E-state index contributed by atoms with van der Waals surface area (Å²) in [5.74, 6) is 0.0463. The Balaban J connectivity index is 0. The van der Waals surface area contributed by atoms with Crippen molar-refractivity contribution >= 4 is 0 Å². The fourth-order valence-electron chi connectivity index (χ4n) is 0.368. The second kappa shape index (κ2) is 11.8. The molecule has 0 heterocycles. The Morgan fingerprint density at radius 2 is 1.69 bits per heavy atom. The first kappa shape index (κ1) is 15.3. The van der Waals surface area contributed by atoms with Crippen molar-refractivity contribution < 1.29 is 20.1 Å². The van der Waals surface area contributed by atoms with E-state index in [1.807, 2.05) is 6.92 Å². The third-order valence-corrected chi connectivity index (χ3v) is 1.45. The van der Waals surface area contributed by atoms with E-state index in [9.17, 15) is 0 Å². The number of rotatable bonds is 5. The third kappa shape index (κ3) is 14.7. The molecule has 0 aromatic rings. The predicted octanol–water partition coefficient (Wildman–Crippen LogP) is 0.0108. The van der Waals surface area contributed by atoms with E-state index in [0.29, 0.717) is 6.61 Å². The topological polar surface area (TPSA) is 69.9 Å². The van der Waals surface area contributed by atoms with Crippen molar-refractivity contribution in [3.63, 3.8) is 0 Å². The van der Waals surface area contributed by atoms with Gasteiger partial charge in [-0.2, -0.15) is 0 Å². The first-order valence-corrected chi connectivity index (χ1v) is 4.51. The van der Waals surface area contributed by atoms with Crippen LogP contribution in [0.5, 0.6) is 0 Å². The van der Waals surface area contributed by atoms with Gasteiger partial charge >= 0.3 is 0 Å². The second-order valence-corrected chi connectivity index (χ2v) is 2.99. The lowest BCUT2D eigenvalue weighted by Crippen LogP contribution is -2.11. The van der Waals surface area contributed by atoms with Crippen LogP contribution >= 0.6 is 0 Å². The molecule has 0 fully saturated rings. The summed E-state index contributed by atoms with van der Waals surface area (Å²) in [6.07, 6.45) is 0.499. The fraction of sp³-hybridized carbons (Fsp3) is 1.00. The van der Waals surface area contributed by atoms with Crippen molar-refractivity contribution in [2.24, 2.45) is 5.92 Å². The zero-order valence-electron chi connectivity index (χ0n) is 8.73. The van der Waals surface area contributed by atoms with Gasteiger partial charge in [0.05, 0.1) is 12.7 Å². The van der Waals surface area contributed by atoms with E-state index in [4.69, 9.17) is 15.3 Å². The molecule has 4 heteroatoms. The minimum atomic E-state index is -0.273. The summed E-state index contributed by atoms with van der Waals surface area (Å²) in [7, 11) is 1.58. The average Bonchev–Trinajstić information content (AvgIpc) is 2.18. The molecule has 0 aliphatic rings. The molecule has 1 unspecified atom stereocenters. The highest BCUT2D eigenvalue weighted by Crippen LogP contribution is 1.87. The standard InChI is InChI=1S/C5H12O2.C4H10O2/c1-3-5(6)4-7-2;1-4(2-5)3-6/h5-6H,3-4H2,1-2H3;4-6H,2-3H2,1H3. The predicted molar refractivity (Wildman–Crippen MR) is 51.5 cm³/mol. The monoisotopic (exact) mass is 194 g/mol. The van der Waals surface area contributed by atoms with Crippen LogP contribution in [0.1, 0.15) is 20.3 Å². The molecule has 0 radical (unpaired) electrons.